The molecule has 0 spiro atoms. The van der Waals surface area contributed by atoms with Crippen molar-refractivity contribution >= 4 is 5.78 Å². The largest absolute Gasteiger partial charge is 0.292 e. The van der Waals surface area contributed by atoms with Crippen molar-refractivity contribution in [1.29, 1.82) is 0 Å². The van der Waals surface area contributed by atoms with Crippen LogP contribution >= 0.6 is 0 Å². The predicted molar refractivity (Wildman–Crippen MR) is 54.2 cm³/mol. The number of nitrogens with zero attached hydrogens (tertiary/aromatic N) is 2. The molecule has 3 nitrogen and oxygen atoms in total. The molecule has 14 heavy (non-hydrogen) atoms. The fraction of sp³-hybridized carbons (Fsp3) is 0.636. The highest BCUT2D eigenvalue weighted by molar-refractivity contribution is 5.95. The van der Waals surface area contributed by atoms with Gasteiger partial charge in [0, 0.05) is 13.5 Å². The van der Waals surface area contributed by atoms with Crippen molar-refractivity contribution in [3.63, 3.8) is 0 Å². The lowest BCUT2D eigenvalue weighted by atomic mass is 9.81. The second kappa shape index (κ2) is 3.56. The third kappa shape index (κ3) is 1.59. The summed E-state index contributed by atoms with van der Waals surface area (Å²) in [6.07, 6.45) is 6.21. The highest BCUT2D eigenvalue weighted by atomic mass is 16.1. The van der Waals surface area contributed by atoms with Crippen LogP contribution in [0.1, 0.15) is 41.7 Å². The van der Waals surface area contributed by atoms with Crippen LogP contribution in [-0.2, 0) is 7.05 Å². The SMILES string of the molecule is Cc1cnn(C)c1C(=O)CC1CCC1. The number of ketones is 1. The number of hydrogen-bond donors (Lipinski definition) is 0. The molecule has 2 rings (SSSR count). The molecule has 1 aromatic heterocycles. The van der Waals surface area contributed by atoms with Crippen molar-refractivity contribution in [2.75, 3.05) is 0 Å². The molecule has 0 unspecified atom stereocenters. The summed E-state index contributed by atoms with van der Waals surface area (Å²) in [7, 11) is 1.83. The molecule has 76 valence electrons. The molecule has 0 amide bonds. The highest BCUT2D eigenvalue weighted by Gasteiger charge is 2.23. The Morgan fingerprint density at radius 2 is 2.36 bits per heavy atom. The van der Waals surface area contributed by atoms with E-state index in [9.17, 15) is 4.79 Å². The molecule has 1 heterocycles. The van der Waals surface area contributed by atoms with Gasteiger partial charge in [-0.05, 0) is 18.4 Å². The first-order valence-corrected chi connectivity index (χ1v) is 5.20. The molecule has 1 aliphatic rings. The zero-order valence-corrected chi connectivity index (χ0v) is 8.79. The molecule has 1 aromatic rings. The van der Waals surface area contributed by atoms with Crippen LogP contribution in [0.15, 0.2) is 6.20 Å². The summed E-state index contributed by atoms with van der Waals surface area (Å²) in [5, 5.41) is 4.08. The molecule has 0 radical (unpaired) electrons. The topological polar surface area (TPSA) is 34.9 Å². The van der Waals surface area contributed by atoms with Gasteiger partial charge >= 0.3 is 0 Å². The molecule has 0 saturated heterocycles. The van der Waals surface area contributed by atoms with E-state index in [1.165, 1.54) is 19.3 Å². The maximum Gasteiger partial charge on any atom is 0.181 e. The molecular weight excluding hydrogens is 176 g/mol. The van der Waals surface area contributed by atoms with Crippen molar-refractivity contribution < 1.29 is 4.79 Å². The molecule has 0 atom stereocenters. The van der Waals surface area contributed by atoms with Crippen LogP contribution in [0.4, 0.5) is 0 Å². The van der Waals surface area contributed by atoms with E-state index in [0.29, 0.717) is 12.3 Å². The molecule has 1 saturated carbocycles. The minimum absolute atomic E-state index is 0.257. The summed E-state index contributed by atoms with van der Waals surface area (Å²) >= 11 is 0. The fourth-order valence-corrected chi connectivity index (χ4v) is 2.00. The number of aryl methyl sites for hydroxylation is 2. The van der Waals surface area contributed by atoms with Gasteiger partial charge in [-0.1, -0.05) is 19.3 Å². The Kier molecular flexibility index (Phi) is 2.40. The zero-order valence-electron chi connectivity index (χ0n) is 8.79. The van der Waals surface area contributed by atoms with Crippen molar-refractivity contribution in [2.24, 2.45) is 13.0 Å². The van der Waals surface area contributed by atoms with Crippen LogP contribution in [0.5, 0.6) is 0 Å². The first kappa shape index (κ1) is 9.44. The Hall–Kier alpha value is -1.12. The normalized spacial score (nSPS) is 16.7. The van der Waals surface area contributed by atoms with Crippen LogP contribution in [0.3, 0.4) is 0 Å². The average Bonchev–Trinajstić information content (AvgIpc) is 2.39. The van der Waals surface area contributed by atoms with E-state index < -0.39 is 0 Å². The summed E-state index contributed by atoms with van der Waals surface area (Å²) in [6, 6.07) is 0. The van der Waals surface area contributed by atoms with Gasteiger partial charge in [-0.2, -0.15) is 5.10 Å². The Balaban J connectivity index is 2.09. The molecule has 0 aromatic carbocycles. The minimum Gasteiger partial charge on any atom is -0.292 e. The smallest absolute Gasteiger partial charge is 0.181 e. The van der Waals surface area contributed by atoms with Gasteiger partial charge in [0.2, 0.25) is 0 Å². The third-order valence-corrected chi connectivity index (χ3v) is 3.08. The maximum absolute atomic E-state index is 11.9. The Morgan fingerprint density at radius 3 is 2.79 bits per heavy atom. The van der Waals surface area contributed by atoms with Gasteiger partial charge in [0.25, 0.3) is 0 Å². The van der Waals surface area contributed by atoms with E-state index in [1.54, 1.807) is 10.9 Å². The minimum atomic E-state index is 0.257. The Morgan fingerprint density at radius 1 is 1.64 bits per heavy atom. The van der Waals surface area contributed by atoms with E-state index in [4.69, 9.17) is 0 Å². The van der Waals surface area contributed by atoms with Crippen LogP contribution < -0.4 is 0 Å². The zero-order chi connectivity index (χ0) is 10.1. The van der Waals surface area contributed by atoms with Crippen LogP contribution in [0.2, 0.25) is 0 Å². The number of carbonyl (C=O) groups excluding carboxylic acids is 1. The first-order chi connectivity index (χ1) is 6.68. The second-order valence-corrected chi connectivity index (χ2v) is 4.22. The monoisotopic (exact) mass is 192 g/mol. The van der Waals surface area contributed by atoms with Gasteiger partial charge in [0.15, 0.2) is 5.78 Å². The van der Waals surface area contributed by atoms with E-state index in [0.717, 1.165) is 11.3 Å². The molecule has 0 bridgehead atoms. The third-order valence-electron chi connectivity index (χ3n) is 3.08. The van der Waals surface area contributed by atoms with Gasteiger partial charge in [-0.3, -0.25) is 9.48 Å². The lowest BCUT2D eigenvalue weighted by Gasteiger charge is -2.24. The van der Waals surface area contributed by atoms with E-state index in [1.807, 2.05) is 14.0 Å². The van der Waals surface area contributed by atoms with Crippen molar-refractivity contribution in [3.8, 4) is 0 Å². The summed E-state index contributed by atoms with van der Waals surface area (Å²) in [5.41, 5.74) is 1.79. The van der Waals surface area contributed by atoms with Gasteiger partial charge in [-0.25, -0.2) is 0 Å². The highest BCUT2D eigenvalue weighted by Crippen LogP contribution is 2.30. The molecule has 0 aliphatic heterocycles. The number of aromatic nitrogens is 2. The summed E-state index contributed by atoms with van der Waals surface area (Å²) in [5.74, 6) is 0.893. The molecule has 0 N–H and O–H groups in total. The van der Waals surface area contributed by atoms with Crippen molar-refractivity contribution in [1.82, 2.24) is 9.78 Å². The van der Waals surface area contributed by atoms with Gasteiger partial charge in [0.1, 0.15) is 5.69 Å². The predicted octanol–water partition coefficient (Wildman–Crippen LogP) is 2.10. The standard InChI is InChI=1S/C11H16N2O/c1-8-7-12-13(2)11(8)10(14)6-9-4-3-5-9/h7,9H,3-6H2,1-2H3. The quantitative estimate of drug-likeness (QED) is 0.687. The molecular formula is C11H16N2O. The van der Waals surface area contributed by atoms with Crippen LogP contribution in [0, 0.1) is 12.8 Å². The average molecular weight is 192 g/mol. The second-order valence-electron chi connectivity index (χ2n) is 4.22. The van der Waals surface area contributed by atoms with E-state index >= 15 is 0 Å². The van der Waals surface area contributed by atoms with Crippen LogP contribution in [-0.4, -0.2) is 15.6 Å². The maximum atomic E-state index is 11.9. The summed E-state index contributed by atoms with van der Waals surface area (Å²) < 4.78 is 1.69. The number of hydrogen-bond acceptors (Lipinski definition) is 2. The molecule has 1 fully saturated rings. The molecule has 1 aliphatic carbocycles. The van der Waals surface area contributed by atoms with Gasteiger partial charge in [0.05, 0.1) is 6.20 Å². The van der Waals surface area contributed by atoms with Gasteiger partial charge in [-0.15, -0.1) is 0 Å². The van der Waals surface area contributed by atoms with E-state index in [-0.39, 0.29) is 5.78 Å². The van der Waals surface area contributed by atoms with Crippen LogP contribution in [0.25, 0.3) is 0 Å². The summed E-state index contributed by atoms with van der Waals surface area (Å²) in [4.78, 5) is 11.9. The summed E-state index contributed by atoms with van der Waals surface area (Å²) in [6.45, 7) is 1.95. The van der Waals surface area contributed by atoms with Gasteiger partial charge < -0.3 is 0 Å². The Bertz CT molecular complexity index is 331. The van der Waals surface area contributed by atoms with Crippen molar-refractivity contribution in [2.45, 2.75) is 32.6 Å². The lowest BCUT2D eigenvalue weighted by molar-refractivity contribution is 0.0926. The van der Waals surface area contributed by atoms with E-state index in [2.05, 4.69) is 5.10 Å². The first-order valence-electron chi connectivity index (χ1n) is 5.20. The van der Waals surface area contributed by atoms with Crippen molar-refractivity contribution in [3.05, 3.63) is 17.5 Å². The molecule has 3 heteroatoms. The number of Topliss-reactive ketones (excluding diaryl/α,β-unsaturated/α-hetero) is 1. The lowest BCUT2D eigenvalue weighted by Crippen LogP contribution is -2.18. The Labute approximate surface area is 84.1 Å². The number of rotatable bonds is 3. The number of carbonyl (C=O) groups is 1. The fourth-order valence-electron chi connectivity index (χ4n) is 2.00.